The number of hydrogen-bond donors (Lipinski definition) is 2. The molecule has 156 valence electrons. The van der Waals surface area contributed by atoms with Crippen molar-refractivity contribution in [1.29, 1.82) is 0 Å². The normalized spacial score (nSPS) is 18.7. The first-order chi connectivity index (χ1) is 14.2. The maximum absolute atomic E-state index is 12.7. The van der Waals surface area contributed by atoms with Crippen LogP contribution in [0.1, 0.15) is 50.5 Å². The van der Waals surface area contributed by atoms with Crippen LogP contribution in [0.2, 0.25) is 0 Å². The molecule has 2 heterocycles. The maximum atomic E-state index is 12.7. The number of carbonyl (C=O) groups excluding carboxylic acids is 2. The van der Waals surface area contributed by atoms with Crippen LogP contribution in [0.25, 0.3) is 10.1 Å². The summed E-state index contributed by atoms with van der Waals surface area (Å²) in [5.74, 6) is 0.584. The first-order valence-corrected chi connectivity index (χ1v) is 11.9. The lowest BCUT2D eigenvalue weighted by atomic mass is 9.87. The monoisotopic (exact) mass is 413 g/mol. The fraction of sp³-hybridized carbons (Fsp3) is 0.565. The molecule has 0 atom stereocenters. The van der Waals surface area contributed by atoms with Crippen LogP contribution in [0.3, 0.4) is 0 Å². The largest absolute Gasteiger partial charge is 0.342 e. The van der Waals surface area contributed by atoms with Gasteiger partial charge >= 0.3 is 6.03 Å². The number of fused-ring (bicyclic) bond motifs is 1. The summed E-state index contributed by atoms with van der Waals surface area (Å²) in [7, 11) is 0. The van der Waals surface area contributed by atoms with Crippen molar-refractivity contribution in [3.63, 3.8) is 0 Å². The molecule has 3 amide bonds. The van der Waals surface area contributed by atoms with Crippen molar-refractivity contribution < 1.29 is 9.59 Å². The van der Waals surface area contributed by atoms with Crippen molar-refractivity contribution in [2.45, 2.75) is 57.4 Å². The summed E-state index contributed by atoms with van der Waals surface area (Å²) in [5, 5.41) is 9.55. The fourth-order valence-electron chi connectivity index (χ4n) is 4.63. The molecular formula is C23H31N3O2S. The second-order valence-electron chi connectivity index (χ2n) is 8.34. The van der Waals surface area contributed by atoms with Crippen molar-refractivity contribution in [2.75, 3.05) is 19.6 Å². The third-order valence-corrected chi connectivity index (χ3v) is 7.35. The van der Waals surface area contributed by atoms with Crippen LogP contribution in [0.4, 0.5) is 4.79 Å². The van der Waals surface area contributed by atoms with E-state index in [-0.39, 0.29) is 18.0 Å². The summed E-state index contributed by atoms with van der Waals surface area (Å²) in [6, 6.07) is 8.46. The molecule has 0 spiro atoms. The Hall–Kier alpha value is -2.08. The third-order valence-electron chi connectivity index (χ3n) is 6.34. The fourth-order valence-corrected chi connectivity index (χ4v) is 5.62. The van der Waals surface area contributed by atoms with E-state index in [0.29, 0.717) is 12.5 Å². The van der Waals surface area contributed by atoms with Gasteiger partial charge in [-0.3, -0.25) is 4.79 Å². The average Bonchev–Trinajstić information content (AvgIpc) is 3.18. The van der Waals surface area contributed by atoms with Crippen LogP contribution in [0, 0.1) is 5.92 Å². The van der Waals surface area contributed by atoms with Crippen molar-refractivity contribution in [1.82, 2.24) is 15.5 Å². The Labute approximate surface area is 176 Å². The molecule has 1 aliphatic heterocycles. The molecule has 4 rings (SSSR count). The van der Waals surface area contributed by atoms with E-state index in [1.807, 2.05) is 4.90 Å². The number of likely N-dealkylation sites (tertiary alicyclic amines) is 1. The van der Waals surface area contributed by atoms with Crippen molar-refractivity contribution in [3.05, 3.63) is 35.2 Å². The standard InChI is InChI=1S/C23H31N3O2S/c27-22(17-6-2-1-3-7-17)26-14-11-19(12-15-26)25-23(28)24-13-10-18-16-29-21-9-5-4-8-20(18)21/h4-5,8-9,16-17,19H,1-3,6-7,10-15H2,(H2,24,25,28). The topological polar surface area (TPSA) is 61.4 Å². The van der Waals surface area contributed by atoms with Gasteiger partial charge in [-0.1, -0.05) is 37.5 Å². The summed E-state index contributed by atoms with van der Waals surface area (Å²) >= 11 is 1.75. The van der Waals surface area contributed by atoms with E-state index in [0.717, 1.165) is 45.2 Å². The van der Waals surface area contributed by atoms with Gasteiger partial charge in [0.1, 0.15) is 0 Å². The van der Waals surface area contributed by atoms with Crippen LogP contribution in [-0.2, 0) is 11.2 Å². The number of thiophene rings is 1. The smallest absolute Gasteiger partial charge is 0.315 e. The zero-order chi connectivity index (χ0) is 20.1. The molecule has 1 aromatic heterocycles. The van der Waals surface area contributed by atoms with Gasteiger partial charge in [0.05, 0.1) is 0 Å². The lowest BCUT2D eigenvalue weighted by Gasteiger charge is -2.35. The Morgan fingerprint density at radius 2 is 1.79 bits per heavy atom. The molecule has 0 radical (unpaired) electrons. The highest BCUT2D eigenvalue weighted by Crippen LogP contribution is 2.27. The van der Waals surface area contributed by atoms with Crippen LogP contribution in [0.5, 0.6) is 0 Å². The first-order valence-electron chi connectivity index (χ1n) is 11.0. The molecule has 1 saturated heterocycles. The maximum Gasteiger partial charge on any atom is 0.315 e. The number of carbonyl (C=O) groups is 2. The van der Waals surface area contributed by atoms with Gasteiger partial charge in [0.2, 0.25) is 5.91 Å². The average molecular weight is 414 g/mol. The van der Waals surface area contributed by atoms with E-state index in [4.69, 9.17) is 0 Å². The molecule has 1 aromatic carbocycles. The van der Waals surface area contributed by atoms with Gasteiger partial charge in [-0.05, 0) is 54.5 Å². The predicted molar refractivity (Wildman–Crippen MR) is 118 cm³/mol. The van der Waals surface area contributed by atoms with Gasteiger partial charge in [0.25, 0.3) is 0 Å². The number of piperidine rings is 1. The number of amides is 3. The molecule has 2 N–H and O–H groups in total. The van der Waals surface area contributed by atoms with Crippen LogP contribution in [-0.4, -0.2) is 42.5 Å². The number of urea groups is 1. The van der Waals surface area contributed by atoms with E-state index in [9.17, 15) is 9.59 Å². The van der Waals surface area contributed by atoms with Crippen molar-refractivity contribution in [2.24, 2.45) is 5.92 Å². The summed E-state index contributed by atoms with van der Waals surface area (Å²) in [6.45, 7) is 2.16. The number of nitrogens with zero attached hydrogens (tertiary/aromatic N) is 1. The van der Waals surface area contributed by atoms with Gasteiger partial charge in [-0.15, -0.1) is 11.3 Å². The molecule has 6 heteroatoms. The van der Waals surface area contributed by atoms with E-state index in [2.05, 4.69) is 40.3 Å². The molecule has 2 aliphatic rings. The minimum atomic E-state index is -0.0957. The Kier molecular flexibility index (Phi) is 6.70. The molecule has 5 nitrogen and oxygen atoms in total. The van der Waals surface area contributed by atoms with E-state index in [1.54, 1.807) is 11.3 Å². The van der Waals surface area contributed by atoms with E-state index < -0.39 is 0 Å². The first kappa shape index (κ1) is 20.2. The second-order valence-corrected chi connectivity index (χ2v) is 9.25. The molecule has 0 unspecified atom stereocenters. The number of rotatable bonds is 5. The zero-order valence-electron chi connectivity index (χ0n) is 17.0. The number of benzene rings is 1. The second kappa shape index (κ2) is 9.61. The molecule has 29 heavy (non-hydrogen) atoms. The molecule has 0 bridgehead atoms. The molecule has 1 aliphatic carbocycles. The quantitative estimate of drug-likeness (QED) is 0.767. The molecule has 1 saturated carbocycles. The summed E-state index contributed by atoms with van der Waals surface area (Å²) in [5.41, 5.74) is 1.29. The SMILES string of the molecule is O=C(NCCc1csc2ccccc12)NC1CCN(C(=O)C2CCCCC2)CC1. The van der Waals surface area contributed by atoms with Gasteiger partial charge in [-0.2, -0.15) is 0 Å². The molecule has 2 fully saturated rings. The zero-order valence-corrected chi connectivity index (χ0v) is 17.8. The highest BCUT2D eigenvalue weighted by molar-refractivity contribution is 7.17. The number of hydrogen-bond acceptors (Lipinski definition) is 3. The Balaban J connectivity index is 1.16. The highest BCUT2D eigenvalue weighted by atomic mass is 32.1. The van der Waals surface area contributed by atoms with Gasteiger partial charge in [0.15, 0.2) is 0 Å². The van der Waals surface area contributed by atoms with Gasteiger partial charge in [0, 0.05) is 36.3 Å². The Bertz CT molecular complexity index is 836. The van der Waals surface area contributed by atoms with Crippen LogP contribution < -0.4 is 10.6 Å². The molecule has 2 aromatic rings. The summed E-state index contributed by atoms with van der Waals surface area (Å²) in [6.07, 6.45) is 8.30. The minimum Gasteiger partial charge on any atom is -0.342 e. The predicted octanol–water partition coefficient (Wildman–Crippen LogP) is 4.31. The molecular weight excluding hydrogens is 382 g/mol. The van der Waals surface area contributed by atoms with E-state index in [1.165, 1.54) is 34.9 Å². The van der Waals surface area contributed by atoms with Crippen molar-refractivity contribution in [3.8, 4) is 0 Å². The van der Waals surface area contributed by atoms with Crippen molar-refractivity contribution >= 4 is 33.4 Å². The summed E-state index contributed by atoms with van der Waals surface area (Å²) in [4.78, 5) is 26.9. The van der Waals surface area contributed by atoms with E-state index >= 15 is 0 Å². The van der Waals surface area contributed by atoms with Gasteiger partial charge < -0.3 is 15.5 Å². The Morgan fingerprint density at radius 3 is 2.59 bits per heavy atom. The third kappa shape index (κ3) is 5.10. The van der Waals surface area contributed by atoms with Gasteiger partial charge in [-0.25, -0.2) is 4.79 Å². The highest BCUT2D eigenvalue weighted by Gasteiger charge is 2.29. The lowest BCUT2D eigenvalue weighted by Crippen LogP contribution is -2.50. The summed E-state index contributed by atoms with van der Waals surface area (Å²) < 4.78 is 1.29. The lowest BCUT2D eigenvalue weighted by molar-refractivity contribution is -0.137. The van der Waals surface area contributed by atoms with Crippen LogP contribution >= 0.6 is 11.3 Å². The van der Waals surface area contributed by atoms with Crippen LogP contribution in [0.15, 0.2) is 29.6 Å². The minimum absolute atomic E-state index is 0.0957. The number of nitrogens with one attached hydrogen (secondary N) is 2. The Morgan fingerprint density at radius 1 is 1.03 bits per heavy atom.